The molecule has 1 aliphatic rings. The molecule has 3 unspecified atom stereocenters. The fourth-order valence-electron chi connectivity index (χ4n) is 4.46. The highest BCUT2D eigenvalue weighted by atomic mass is 16.6. The summed E-state index contributed by atoms with van der Waals surface area (Å²) in [4.78, 5) is 51.0. The van der Waals surface area contributed by atoms with Crippen molar-refractivity contribution >= 4 is 23.9 Å². The molecule has 0 radical (unpaired) electrons. The van der Waals surface area contributed by atoms with Gasteiger partial charge < -0.3 is 19.3 Å². The molecular formula is C28H32O8. The highest BCUT2D eigenvalue weighted by molar-refractivity contribution is 5.95. The second kappa shape index (κ2) is 12.3. The van der Waals surface area contributed by atoms with Crippen LogP contribution in [0.5, 0.6) is 0 Å². The van der Waals surface area contributed by atoms with E-state index in [1.54, 1.807) is 36.4 Å². The number of rotatable bonds is 9. The van der Waals surface area contributed by atoms with Crippen LogP contribution in [0.15, 0.2) is 60.7 Å². The normalized spacial score (nSPS) is 21.2. The standard InChI is InChI=1S/C28H32O8/c1-17(2)21-15-14-18(3)16-22(21)34-28(33)24(36-27(32)20-12-8-5-9-13-20)23(25(29)30)35-26(31)19-10-6-4-7-11-19/h4-13,17-18,21-24H,14-16H2,1-3H3,(H,29,30)/t18?,21?,22?,23-,24-/m1/s1. The molecule has 8 heteroatoms. The number of ether oxygens (including phenoxy) is 3. The number of carboxylic acid groups (broad SMARTS) is 1. The number of benzene rings is 2. The fourth-order valence-corrected chi connectivity index (χ4v) is 4.46. The summed E-state index contributed by atoms with van der Waals surface area (Å²) in [6.45, 7) is 6.14. The van der Waals surface area contributed by atoms with Crippen molar-refractivity contribution in [2.75, 3.05) is 0 Å². The maximum Gasteiger partial charge on any atom is 0.352 e. The average molecular weight is 497 g/mol. The zero-order valence-electron chi connectivity index (χ0n) is 20.7. The van der Waals surface area contributed by atoms with Crippen LogP contribution in [0.1, 0.15) is 60.7 Å². The quantitative estimate of drug-likeness (QED) is 0.398. The molecule has 1 saturated carbocycles. The Morgan fingerprint density at radius 3 is 1.78 bits per heavy atom. The highest BCUT2D eigenvalue weighted by Gasteiger charge is 2.44. The lowest BCUT2D eigenvalue weighted by Crippen LogP contribution is -2.48. The SMILES string of the molecule is CC1CCC(C(C)C)C(OC(=O)[C@H](OC(=O)c2ccccc2)[C@@H](OC(=O)c2ccccc2)C(=O)O)C1. The summed E-state index contributed by atoms with van der Waals surface area (Å²) in [7, 11) is 0. The molecule has 36 heavy (non-hydrogen) atoms. The number of carbonyl (C=O) groups excluding carboxylic acids is 3. The van der Waals surface area contributed by atoms with Gasteiger partial charge in [-0.05, 0) is 54.9 Å². The molecule has 0 saturated heterocycles. The van der Waals surface area contributed by atoms with Crippen LogP contribution >= 0.6 is 0 Å². The van der Waals surface area contributed by atoms with Crippen LogP contribution in [0.3, 0.4) is 0 Å². The van der Waals surface area contributed by atoms with E-state index in [1.165, 1.54) is 24.3 Å². The van der Waals surface area contributed by atoms with Gasteiger partial charge in [0.1, 0.15) is 6.10 Å². The third-order valence-electron chi connectivity index (χ3n) is 6.47. The number of hydrogen-bond donors (Lipinski definition) is 1. The predicted octanol–water partition coefficient (Wildman–Crippen LogP) is 4.53. The number of hydrogen-bond acceptors (Lipinski definition) is 7. The van der Waals surface area contributed by atoms with E-state index in [1.807, 2.05) is 13.8 Å². The highest BCUT2D eigenvalue weighted by Crippen LogP contribution is 2.35. The first-order chi connectivity index (χ1) is 17.2. The monoisotopic (exact) mass is 496 g/mol. The first-order valence-electron chi connectivity index (χ1n) is 12.1. The minimum atomic E-state index is -2.10. The molecule has 0 aliphatic heterocycles. The van der Waals surface area contributed by atoms with Crippen molar-refractivity contribution in [2.24, 2.45) is 17.8 Å². The van der Waals surface area contributed by atoms with Gasteiger partial charge in [0, 0.05) is 0 Å². The Bertz CT molecular complexity index is 1050. The first-order valence-corrected chi connectivity index (χ1v) is 12.1. The largest absolute Gasteiger partial charge is 0.478 e. The molecule has 2 aromatic rings. The van der Waals surface area contributed by atoms with Crippen molar-refractivity contribution in [1.82, 2.24) is 0 Å². The van der Waals surface area contributed by atoms with Crippen molar-refractivity contribution in [3.05, 3.63) is 71.8 Å². The zero-order valence-corrected chi connectivity index (χ0v) is 20.7. The van der Waals surface area contributed by atoms with E-state index in [4.69, 9.17) is 14.2 Å². The summed E-state index contributed by atoms with van der Waals surface area (Å²) in [6, 6.07) is 15.6. The molecule has 0 amide bonds. The van der Waals surface area contributed by atoms with Gasteiger partial charge in [-0.15, -0.1) is 0 Å². The topological polar surface area (TPSA) is 116 Å². The molecule has 0 heterocycles. The lowest BCUT2D eigenvalue weighted by atomic mass is 9.75. The second-order valence-electron chi connectivity index (χ2n) is 9.52. The summed E-state index contributed by atoms with van der Waals surface area (Å²) in [5.41, 5.74) is 0.200. The molecule has 8 nitrogen and oxygen atoms in total. The summed E-state index contributed by atoms with van der Waals surface area (Å²) < 4.78 is 16.3. The molecule has 1 N–H and O–H groups in total. The smallest absolute Gasteiger partial charge is 0.352 e. The third kappa shape index (κ3) is 6.93. The minimum Gasteiger partial charge on any atom is -0.478 e. The van der Waals surface area contributed by atoms with Gasteiger partial charge >= 0.3 is 23.9 Å². The van der Waals surface area contributed by atoms with E-state index >= 15 is 0 Å². The predicted molar refractivity (Wildman–Crippen MR) is 130 cm³/mol. The molecule has 1 aliphatic carbocycles. The number of carbonyl (C=O) groups is 4. The maximum absolute atomic E-state index is 13.4. The van der Waals surface area contributed by atoms with E-state index in [0.717, 1.165) is 12.8 Å². The van der Waals surface area contributed by atoms with Crippen LogP contribution < -0.4 is 0 Å². The van der Waals surface area contributed by atoms with Crippen LogP contribution in [0, 0.1) is 17.8 Å². The van der Waals surface area contributed by atoms with Crippen LogP contribution in [0.25, 0.3) is 0 Å². The molecule has 1 fully saturated rings. The molecule has 0 bridgehead atoms. The van der Waals surface area contributed by atoms with Crippen molar-refractivity contribution in [3.63, 3.8) is 0 Å². The first kappa shape index (κ1) is 26.9. The maximum atomic E-state index is 13.4. The van der Waals surface area contributed by atoms with Gasteiger partial charge in [-0.2, -0.15) is 0 Å². The zero-order chi connectivity index (χ0) is 26.2. The molecule has 2 aromatic carbocycles. The van der Waals surface area contributed by atoms with Gasteiger partial charge in [0.15, 0.2) is 0 Å². The Morgan fingerprint density at radius 1 is 0.806 bits per heavy atom. The average Bonchev–Trinajstić information content (AvgIpc) is 2.86. The third-order valence-corrected chi connectivity index (χ3v) is 6.47. The van der Waals surface area contributed by atoms with E-state index in [2.05, 4.69) is 6.92 Å². The van der Waals surface area contributed by atoms with Crippen LogP contribution in [-0.4, -0.2) is 47.3 Å². The van der Waals surface area contributed by atoms with E-state index < -0.39 is 42.2 Å². The van der Waals surface area contributed by atoms with Gasteiger partial charge in [0.25, 0.3) is 0 Å². The van der Waals surface area contributed by atoms with Crippen molar-refractivity contribution < 1.29 is 38.5 Å². The van der Waals surface area contributed by atoms with Gasteiger partial charge in [0.05, 0.1) is 11.1 Å². The van der Waals surface area contributed by atoms with Crippen molar-refractivity contribution in [1.29, 1.82) is 0 Å². The lowest BCUT2D eigenvalue weighted by molar-refractivity contribution is -0.179. The van der Waals surface area contributed by atoms with Gasteiger partial charge in [-0.1, -0.05) is 63.6 Å². The van der Waals surface area contributed by atoms with Gasteiger partial charge in [-0.25, -0.2) is 19.2 Å². The number of aliphatic carboxylic acids is 1. The minimum absolute atomic E-state index is 0.0748. The van der Waals surface area contributed by atoms with Crippen LogP contribution in [0.2, 0.25) is 0 Å². The molecule has 5 atom stereocenters. The Morgan fingerprint density at radius 2 is 1.31 bits per heavy atom. The lowest BCUT2D eigenvalue weighted by Gasteiger charge is -2.37. The summed E-state index contributed by atoms with van der Waals surface area (Å²) in [5, 5.41) is 9.88. The van der Waals surface area contributed by atoms with E-state index in [9.17, 15) is 24.3 Å². The van der Waals surface area contributed by atoms with Crippen LogP contribution in [-0.2, 0) is 23.8 Å². The van der Waals surface area contributed by atoms with Crippen LogP contribution in [0.4, 0.5) is 0 Å². The summed E-state index contributed by atoms with van der Waals surface area (Å²) in [6.07, 6.45) is -2.11. The Labute approximate surface area is 210 Å². The molecule has 0 aromatic heterocycles. The molecule has 3 rings (SSSR count). The van der Waals surface area contributed by atoms with Gasteiger partial charge in [0.2, 0.25) is 12.2 Å². The summed E-state index contributed by atoms with van der Waals surface area (Å²) >= 11 is 0. The molecule has 0 spiro atoms. The summed E-state index contributed by atoms with van der Waals surface area (Å²) in [5.74, 6) is -3.98. The molecule has 192 valence electrons. The second-order valence-corrected chi connectivity index (χ2v) is 9.52. The molecular weight excluding hydrogens is 464 g/mol. The van der Waals surface area contributed by atoms with Gasteiger partial charge in [-0.3, -0.25) is 0 Å². The number of esters is 3. The van der Waals surface area contributed by atoms with E-state index in [-0.39, 0.29) is 23.0 Å². The van der Waals surface area contributed by atoms with Crippen molar-refractivity contribution in [3.8, 4) is 0 Å². The Hall–Kier alpha value is -3.68. The Kier molecular flexibility index (Phi) is 9.22. The van der Waals surface area contributed by atoms with E-state index in [0.29, 0.717) is 12.3 Å². The number of carboxylic acids is 1. The fraction of sp³-hybridized carbons (Fsp3) is 0.429. The van der Waals surface area contributed by atoms with Crippen molar-refractivity contribution in [2.45, 2.75) is 58.3 Å². The Balaban J connectivity index is 1.89.